The fraction of sp³-hybridized carbons (Fsp3) is 0.917. The number of rotatable bonds is 8. The summed E-state index contributed by atoms with van der Waals surface area (Å²) in [6, 6.07) is 0. The minimum Gasteiger partial charge on any atom is -0.303 e. The minimum atomic E-state index is -0.0365. The lowest BCUT2D eigenvalue weighted by Crippen LogP contribution is -2.17. The molecule has 0 bridgehead atoms. The Balaban J connectivity index is 3.74. The van der Waals surface area contributed by atoms with Crippen LogP contribution >= 0.6 is 0 Å². The lowest BCUT2D eigenvalue weighted by atomic mass is 9.81. The summed E-state index contributed by atoms with van der Waals surface area (Å²) >= 11 is 0. The highest BCUT2D eigenvalue weighted by Crippen LogP contribution is 2.28. The molecule has 0 aromatic heterocycles. The van der Waals surface area contributed by atoms with Crippen LogP contribution in [0, 0.1) is 5.41 Å². The lowest BCUT2D eigenvalue weighted by Gasteiger charge is -2.22. The van der Waals surface area contributed by atoms with Gasteiger partial charge in [0.2, 0.25) is 0 Å². The van der Waals surface area contributed by atoms with Crippen molar-refractivity contribution >= 4 is 6.29 Å². The van der Waals surface area contributed by atoms with Gasteiger partial charge in [0.15, 0.2) is 0 Å². The standard InChI is InChI=1S/C12H24O/c1-4-6-8-10-12(3,11-13)9-7-5-2/h11H,4-10H2,1-3H3. The van der Waals surface area contributed by atoms with Crippen LogP contribution in [0.4, 0.5) is 0 Å². The summed E-state index contributed by atoms with van der Waals surface area (Å²) in [4.78, 5) is 10.9. The maximum Gasteiger partial charge on any atom is 0.125 e. The van der Waals surface area contributed by atoms with Gasteiger partial charge in [-0.3, -0.25) is 0 Å². The van der Waals surface area contributed by atoms with Crippen molar-refractivity contribution in [3.05, 3.63) is 0 Å². The summed E-state index contributed by atoms with van der Waals surface area (Å²) in [5, 5.41) is 0. The molecule has 13 heavy (non-hydrogen) atoms. The van der Waals surface area contributed by atoms with E-state index in [0.29, 0.717) is 0 Å². The highest BCUT2D eigenvalue weighted by atomic mass is 16.1. The second-order valence-corrected chi connectivity index (χ2v) is 4.33. The van der Waals surface area contributed by atoms with Gasteiger partial charge in [0.1, 0.15) is 6.29 Å². The minimum absolute atomic E-state index is 0.0365. The van der Waals surface area contributed by atoms with E-state index in [2.05, 4.69) is 20.8 Å². The maximum atomic E-state index is 10.9. The molecule has 0 fully saturated rings. The zero-order valence-corrected chi connectivity index (χ0v) is 9.44. The molecule has 78 valence electrons. The zero-order valence-electron chi connectivity index (χ0n) is 9.44. The molecule has 0 aromatic rings. The first kappa shape index (κ1) is 12.7. The molecule has 0 rings (SSSR count). The Hall–Kier alpha value is -0.330. The van der Waals surface area contributed by atoms with E-state index in [1.807, 2.05) is 0 Å². The molecule has 0 aliphatic rings. The first-order valence-corrected chi connectivity index (χ1v) is 5.65. The van der Waals surface area contributed by atoms with Crippen LogP contribution in [0.1, 0.15) is 65.7 Å². The van der Waals surface area contributed by atoms with E-state index < -0.39 is 0 Å². The van der Waals surface area contributed by atoms with Gasteiger partial charge in [-0.05, 0) is 12.8 Å². The molecule has 0 saturated carbocycles. The molecule has 0 spiro atoms. The quantitative estimate of drug-likeness (QED) is 0.412. The van der Waals surface area contributed by atoms with Crippen molar-refractivity contribution in [2.45, 2.75) is 65.7 Å². The first-order chi connectivity index (χ1) is 6.18. The monoisotopic (exact) mass is 184 g/mol. The number of hydrogen-bond acceptors (Lipinski definition) is 1. The van der Waals surface area contributed by atoms with Crippen LogP contribution in [-0.2, 0) is 4.79 Å². The normalized spacial score (nSPS) is 15.3. The van der Waals surface area contributed by atoms with Crippen LogP contribution < -0.4 is 0 Å². The van der Waals surface area contributed by atoms with Gasteiger partial charge in [0, 0.05) is 5.41 Å². The van der Waals surface area contributed by atoms with E-state index in [9.17, 15) is 4.79 Å². The SMILES string of the molecule is CCCCCC(C)(C=O)CCCC. The predicted molar refractivity (Wildman–Crippen MR) is 57.8 cm³/mol. The van der Waals surface area contributed by atoms with Crippen molar-refractivity contribution in [3.63, 3.8) is 0 Å². The van der Waals surface area contributed by atoms with E-state index in [-0.39, 0.29) is 5.41 Å². The van der Waals surface area contributed by atoms with Crippen LogP contribution in [0.5, 0.6) is 0 Å². The van der Waals surface area contributed by atoms with E-state index in [1.165, 1.54) is 38.4 Å². The van der Waals surface area contributed by atoms with Gasteiger partial charge in [-0.1, -0.05) is 52.9 Å². The topological polar surface area (TPSA) is 17.1 Å². The van der Waals surface area contributed by atoms with Gasteiger partial charge in [0.05, 0.1) is 0 Å². The van der Waals surface area contributed by atoms with E-state index in [4.69, 9.17) is 0 Å². The molecule has 0 aliphatic carbocycles. The Morgan fingerprint density at radius 1 is 1.00 bits per heavy atom. The second kappa shape index (κ2) is 7.11. The molecule has 0 amide bonds. The number of aldehydes is 1. The molecular weight excluding hydrogens is 160 g/mol. The Morgan fingerprint density at radius 2 is 1.54 bits per heavy atom. The molecule has 0 aromatic carbocycles. The molecular formula is C12H24O. The third-order valence-corrected chi connectivity index (χ3v) is 2.74. The van der Waals surface area contributed by atoms with Gasteiger partial charge in [-0.2, -0.15) is 0 Å². The maximum absolute atomic E-state index is 10.9. The Labute approximate surface area is 82.9 Å². The van der Waals surface area contributed by atoms with Crippen molar-refractivity contribution < 1.29 is 4.79 Å². The Morgan fingerprint density at radius 3 is 2.00 bits per heavy atom. The average Bonchev–Trinajstić information content (AvgIpc) is 2.15. The number of carbonyl (C=O) groups excluding carboxylic acids is 1. The van der Waals surface area contributed by atoms with Crippen molar-refractivity contribution in [1.82, 2.24) is 0 Å². The van der Waals surface area contributed by atoms with E-state index >= 15 is 0 Å². The third kappa shape index (κ3) is 5.84. The Bertz CT molecular complexity index is 131. The van der Waals surface area contributed by atoms with Crippen molar-refractivity contribution in [1.29, 1.82) is 0 Å². The van der Waals surface area contributed by atoms with E-state index in [0.717, 1.165) is 12.8 Å². The molecule has 1 nitrogen and oxygen atoms in total. The molecule has 0 aliphatic heterocycles. The zero-order chi connectivity index (χ0) is 10.2. The number of unbranched alkanes of at least 4 members (excludes halogenated alkanes) is 3. The molecule has 0 heterocycles. The van der Waals surface area contributed by atoms with Gasteiger partial charge in [0.25, 0.3) is 0 Å². The highest BCUT2D eigenvalue weighted by Gasteiger charge is 2.21. The summed E-state index contributed by atoms with van der Waals surface area (Å²) in [5.41, 5.74) is -0.0365. The van der Waals surface area contributed by atoms with Crippen LogP contribution in [0.3, 0.4) is 0 Å². The Kier molecular flexibility index (Phi) is 6.93. The highest BCUT2D eigenvalue weighted by molar-refractivity contribution is 5.58. The van der Waals surface area contributed by atoms with Crippen molar-refractivity contribution in [2.75, 3.05) is 0 Å². The van der Waals surface area contributed by atoms with E-state index in [1.54, 1.807) is 0 Å². The lowest BCUT2D eigenvalue weighted by molar-refractivity contribution is -0.116. The van der Waals surface area contributed by atoms with Crippen molar-refractivity contribution in [2.24, 2.45) is 5.41 Å². The van der Waals surface area contributed by atoms with Crippen LogP contribution in [0.2, 0.25) is 0 Å². The molecule has 0 saturated heterocycles. The fourth-order valence-electron chi connectivity index (χ4n) is 1.60. The summed E-state index contributed by atoms with van der Waals surface area (Å²) in [6.45, 7) is 6.48. The summed E-state index contributed by atoms with van der Waals surface area (Å²) in [6.07, 6.45) is 9.38. The smallest absolute Gasteiger partial charge is 0.125 e. The van der Waals surface area contributed by atoms with Gasteiger partial charge >= 0.3 is 0 Å². The molecule has 1 heteroatoms. The third-order valence-electron chi connectivity index (χ3n) is 2.74. The number of carbonyl (C=O) groups is 1. The van der Waals surface area contributed by atoms with Gasteiger partial charge < -0.3 is 4.79 Å². The molecule has 1 atom stereocenters. The van der Waals surface area contributed by atoms with Gasteiger partial charge in [-0.25, -0.2) is 0 Å². The van der Waals surface area contributed by atoms with Crippen LogP contribution in [0.25, 0.3) is 0 Å². The largest absolute Gasteiger partial charge is 0.303 e. The van der Waals surface area contributed by atoms with Crippen LogP contribution in [0.15, 0.2) is 0 Å². The predicted octanol–water partition coefficient (Wildman–Crippen LogP) is 3.96. The van der Waals surface area contributed by atoms with Crippen LogP contribution in [-0.4, -0.2) is 6.29 Å². The molecule has 0 radical (unpaired) electrons. The molecule has 0 N–H and O–H groups in total. The first-order valence-electron chi connectivity index (χ1n) is 5.65. The number of hydrogen-bond donors (Lipinski definition) is 0. The summed E-state index contributed by atoms with van der Waals surface area (Å²) < 4.78 is 0. The van der Waals surface area contributed by atoms with Crippen molar-refractivity contribution in [3.8, 4) is 0 Å². The summed E-state index contributed by atoms with van der Waals surface area (Å²) in [7, 11) is 0. The summed E-state index contributed by atoms with van der Waals surface area (Å²) in [5.74, 6) is 0. The average molecular weight is 184 g/mol. The molecule has 1 unspecified atom stereocenters. The van der Waals surface area contributed by atoms with Gasteiger partial charge in [-0.15, -0.1) is 0 Å². The second-order valence-electron chi connectivity index (χ2n) is 4.33. The fourth-order valence-corrected chi connectivity index (χ4v) is 1.60.